The molecule has 0 bridgehead atoms. The normalized spacial score (nSPS) is 18.5. The average Bonchev–Trinajstić information content (AvgIpc) is 3.27. The van der Waals surface area contributed by atoms with Gasteiger partial charge in [0.15, 0.2) is 5.82 Å². The third-order valence-electron chi connectivity index (χ3n) is 5.61. The first-order valence-electron chi connectivity index (χ1n) is 11.4. The summed E-state index contributed by atoms with van der Waals surface area (Å²) in [7, 11) is 0. The van der Waals surface area contributed by atoms with Gasteiger partial charge < -0.3 is 19.5 Å². The van der Waals surface area contributed by atoms with E-state index in [-0.39, 0.29) is 18.4 Å². The largest absolute Gasteiger partial charge is 0.493 e. The minimum atomic E-state index is -1.08. The second-order valence-electron chi connectivity index (χ2n) is 8.85. The maximum absolute atomic E-state index is 14.8. The van der Waals surface area contributed by atoms with Gasteiger partial charge in [-0.3, -0.25) is 0 Å². The van der Waals surface area contributed by atoms with E-state index < -0.39 is 12.2 Å². The molecule has 1 aliphatic rings. The fraction of sp³-hybridized carbons (Fsp3) is 0.440. The molecule has 4 rings (SSSR count). The molecule has 1 aromatic heterocycles. The van der Waals surface area contributed by atoms with Gasteiger partial charge in [0, 0.05) is 19.5 Å². The van der Waals surface area contributed by atoms with Crippen molar-refractivity contribution in [3.05, 3.63) is 71.3 Å². The highest BCUT2D eigenvalue weighted by molar-refractivity contribution is 5.34. The third-order valence-corrected chi connectivity index (χ3v) is 5.61. The maximum Gasteiger partial charge on any atom is 0.324 e. The van der Waals surface area contributed by atoms with Crippen molar-refractivity contribution in [2.45, 2.75) is 45.4 Å². The van der Waals surface area contributed by atoms with E-state index in [9.17, 15) is 8.78 Å². The van der Waals surface area contributed by atoms with Gasteiger partial charge in [0.05, 0.1) is 12.6 Å². The molecule has 3 aromatic rings. The van der Waals surface area contributed by atoms with Crippen molar-refractivity contribution in [2.24, 2.45) is 5.92 Å². The molecule has 2 atom stereocenters. The SMILES string of the molecule is CC(C)COc1ccc(Cc2noc(N(Cc3ccc(F)cc3)[C@H]3CCNC[C@H]3F)n2)cc1. The van der Waals surface area contributed by atoms with E-state index in [0.717, 1.165) is 16.9 Å². The molecule has 6 nitrogen and oxygen atoms in total. The van der Waals surface area contributed by atoms with E-state index in [0.29, 0.717) is 44.3 Å². The predicted octanol–water partition coefficient (Wildman–Crippen LogP) is 4.54. The highest BCUT2D eigenvalue weighted by Gasteiger charge is 2.33. The van der Waals surface area contributed by atoms with Crippen LogP contribution < -0.4 is 15.0 Å². The smallest absolute Gasteiger partial charge is 0.324 e. The molecule has 0 spiro atoms. The Kier molecular flexibility index (Phi) is 7.54. The summed E-state index contributed by atoms with van der Waals surface area (Å²) in [6.45, 7) is 6.22. The zero-order valence-electron chi connectivity index (χ0n) is 19.0. The lowest BCUT2D eigenvalue weighted by molar-refractivity contribution is 0.215. The number of hydrogen-bond acceptors (Lipinski definition) is 6. The van der Waals surface area contributed by atoms with Crippen molar-refractivity contribution in [3.63, 3.8) is 0 Å². The number of nitrogens with zero attached hydrogens (tertiary/aromatic N) is 3. The average molecular weight is 457 g/mol. The lowest BCUT2D eigenvalue weighted by atomic mass is 10.0. The van der Waals surface area contributed by atoms with Crippen molar-refractivity contribution in [2.75, 3.05) is 24.6 Å². The van der Waals surface area contributed by atoms with Crippen LogP contribution >= 0.6 is 0 Å². The van der Waals surface area contributed by atoms with Crippen LogP contribution in [0.25, 0.3) is 0 Å². The van der Waals surface area contributed by atoms with Gasteiger partial charge in [0.25, 0.3) is 0 Å². The summed E-state index contributed by atoms with van der Waals surface area (Å²) >= 11 is 0. The van der Waals surface area contributed by atoms with Gasteiger partial charge in [0.2, 0.25) is 0 Å². The Labute approximate surface area is 192 Å². The lowest BCUT2D eigenvalue weighted by Gasteiger charge is -2.35. The Morgan fingerprint density at radius 1 is 1.12 bits per heavy atom. The van der Waals surface area contributed by atoms with E-state index in [1.54, 1.807) is 17.0 Å². The molecule has 0 unspecified atom stereocenters. The molecule has 1 fully saturated rings. The summed E-state index contributed by atoms with van der Waals surface area (Å²) < 4.78 is 39.4. The fourth-order valence-corrected chi connectivity index (χ4v) is 3.85. The molecular formula is C25H30F2N4O2. The van der Waals surface area contributed by atoms with Crippen molar-refractivity contribution >= 4 is 6.01 Å². The van der Waals surface area contributed by atoms with Gasteiger partial charge in [-0.15, -0.1) is 0 Å². The molecule has 2 heterocycles. The van der Waals surface area contributed by atoms with Crippen molar-refractivity contribution in [1.29, 1.82) is 0 Å². The van der Waals surface area contributed by atoms with E-state index >= 15 is 0 Å². The second kappa shape index (κ2) is 10.7. The fourth-order valence-electron chi connectivity index (χ4n) is 3.85. The van der Waals surface area contributed by atoms with Crippen molar-refractivity contribution in [3.8, 4) is 5.75 Å². The number of hydrogen-bond donors (Lipinski definition) is 1. The molecule has 2 aromatic carbocycles. The second-order valence-corrected chi connectivity index (χ2v) is 8.85. The number of ether oxygens (including phenoxy) is 1. The van der Waals surface area contributed by atoms with Crippen LogP contribution in [0.3, 0.4) is 0 Å². The molecule has 1 saturated heterocycles. The van der Waals surface area contributed by atoms with E-state index in [4.69, 9.17) is 9.26 Å². The molecule has 176 valence electrons. The molecular weight excluding hydrogens is 426 g/mol. The summed E-state index contributed by atoms with van der Waals surface area (Å²) in [6, 6.07) is 13.9. The van der Waals surface area contributed by atoms with Crippen LogP contribution in [0.2, 0.25) is 0 Å². The first kappa shape index (κ1) is 23.2. The number of anilines is 1. The van der Waals surface area contributed by atoms with Crippen molar-refractivity contribution in [1.82, 2.24) is 15.5 Å². The monoisotopic (exact) mass is 456 g/mol. The topological polar surface area (TPSA) is 63.4 Å². The maximum atomic E-state index is 14.8. The molecule has 8 heteroatoms. The number of nitrogens with one attached hydrogen (secondary N) is 1. The first-order valence-corrected chi connectivity index (χ1v) is 11.4. The minimum absolute atomic E-state index is 0.275. The summed E-state index contributed by atoms with van der Waals surface area (Å²) in [5.41, 5.74) is 1.87. The van der Waals surface area contributed by atoms with Gasteiger partial charge in [-0.25, -0.2) is 8.78 Å². The van der Waals surface area contributed by atoms with E-state index in [1.807, 2.05) is 24.3 Å². The van der Waals surface area contributed by atoms with Gasteiger partial charge in [-0.05, 0) is 54.3 Å². The van der Waals surface area contributed by atoms with Crippen LogP contribution in [0.5, 0.6) is 5.75 Å². The molecule has 1 N–H and O–H groups in total. The summed E-state index contributed by atoms with van der Waals surface area (Å²) in [5.74, 6) is 1.50. The zero-order chi connectivity index (χ0) is 23.2. The number of piperidine rings is 1. The van der Waals surface area contributed by atoms with Crippen LogP contribution in [-0.4, -0.2) is 42.1 Å². The Hall–Kier alpha value is -3.00. The number of alkyl halides is 1. The summed E-state index contributed by atoms with van der Waals surface area (Å²) in [4.78, 5) is 6.37. The first-order chi connectivity index (χ1) is 16.0. The quantitative estimate of drug-likeness (QED) is 0.510. The Morgan fingerprint density at radius 2 is 1.85 bits per heavy atom. The number of benzene rings is 2. The summed E-state index contributed by atoms with van der Waals surface area (Å²) in [5, 5.41) is 7.20. The highest BCUT2D eigenvalue weighted by Crippen LogP contribution is 2.25. The third kappa shape index (κ3) is 6.28. The summed E-state index contributed by atoms with van der Waals surface area (Å²) in [6.07, 6.45) is 0.0228. The molecule has 0 saturated carbocycles. The van der Waals surface area contributed by atoms with Crippen LogP contribution in [0, 0.1) is 11.7 Å². The lowest BCUT2D eigenvalue weighted by Crippen LogP contribution is -2.51. The molecule has 33 heavy (non-hydrogen) atoms. The Morgan fingerprint density at radius 3 is 2.55 bits per heavy atom. The van der Waals surface area contributed by atoms with Gasteiger partial charge >= 0.3 is 6.01 Å². The van der Waals surface area contributed by atoms with Gasteiger partial charge in [-0.1, -0.05) is 43.3 Å². The van der Waals surface area contributed by atoms with E-state index in [1.165, 1.54) is 12.1 Å². The predicted molar refractivity (Wildman–Crippen MR) is 123 cm³/mol. The molecule has 0 aliphatic carbocycles. The zero-order valence-corrected chi connectivity index (χ0v) is 19.0. The van der Waals surface area contributed by atoms with E-state index in [2.05, 4.69) is 29.3 Å². The Bertz CT molecular complexity index is 1010. The van der Waals surface area contributed by atoms with Crippen LogP contribution in [0.4, 0.5) is 14.8 Å². The van der Waals surface area contributed by atoms with Gasteiger partial charge in [-0.2, -0.15) is 4.98 Å². The minimum Gasteiger partial charge on any atom is -0.493 e. The number of aromatic nitrogens is 2. The highest BCUT2D eigenvalue weighted by atomic mass is 19.1. The van der Waals surface area contributed by atoms with Crippen LogP contribution in [0.1, 0.15) is 37.2 Å². The van der Waals surface area contributed by atoms with Gasteiger partial charge in [0.1, 0.15) is 17.7 Å². The number of rotatable bonds is 9. The number of halogens is 2. The van der Waals surface area contributed by atoms with Crippen molar-refractivity contribution < 1.29 is 18.0 Å². The standard InChI is InChI=1S/C25H30F2N4O2/c1-17(2)16-32-21-9-5-18(6-10-21)13-24-29-25(33-30-24)31(23-11-12-28-14-22(23)27)15-19-3-7-20(26)8-4-19/h3-10,17,22-23,28H,11-16H2,1-2H3/t22-,23+/m1/s1. The molecule has 0 amide bonds. The van der Waals surface area contributed by atoms with Crippen LogP contribution in [-0.2, 0) is 13.0 Å². The molecule has 0 radical (unpaired) electrons. The molecule has 1 aliphatic heterocycles. The van der Waals surface area contributed by atoms with Crippen LogP contribution in [0.15, 0.2) is 53.1 Å². The Balaban J connectivity index is 1.49.